The summed E-state index contributed by atoms with van der Waals surface area (Å²) in [7, 11) is 1.48. The van der Waals surface area contributed by atoms with E-state index >= 15 is 4.39 Å². The molecule has 0 radical (unpaired) electrons. The van der Waals surface area contributed by atoms with Crippen LogP contribution in [0.3, 0.4) is 0 Å². The van der Waals surface area contributed by atoms with Crippen LogP contribution in [0.25, 0.3) is 10.9 Å². The monoisotopic (exact) mass is 591 g/mol. The minimum atomic E-state index is -1.30. The number of ether oxygens (including phenoxy) is 1. The van der Waals surface area contributed by atoms with Crippen LogP contribution >= 0.6 is 12.4 Å². The predicted octanol–water partition coefficient (Wildman–Crippen LogP) is 3.59. The number of aromatic hydroxyl groups is 2. The van der Waals surface area contributed by atoms with Gasteiger partial charge in [0.2, 0.25) is 5.43 Å². The Morgan fingerprint density at radius 3 is 2.34 bits per heavy atom. The Morgan fingerprint density at radius 2 is 1.76 bits per heavy atom. The average Bonchev–Trinajstić information content (AvgIpc) is 3.66. The van der Waals surface area contributed by atoms with Gasteiger partial charge in [0.05, 0.1) is 18.0 Å². The standard InChI is InChI=1S/C21H24FN3O4.C7H6O4.ClH/c1-29-20-17-13(19(26)14(21(27)28)9-25(17)12-4-5-12)7-15(22)18(20)24-8-11-3-2-6-23-16(11)10-24;8-4-1-2-5(7(10)11)6(9)3-4;/h7,9,11-12,16,23H,2-6,8,10H2,1H3,(H,27,28);1-3,8-9H,(H,10,11);1H/t11-,16+;;/m0../s1. The first-order valence-electron chi connectivity index (χ1n) is 13.0. The van der Waals surface area contributed by atoms with Crippen LogP contribution in [0.5, 0.6) is 17.2 Å². The van der Waals surface area contributed by atoms with Crippen molar-refractivity contribution in [2.24, 2.45) is 5.92 Å². The second kappa shape index (κ2) is 11.8. The summed E-state index contributed by atoms with van der Waals surface area (Å²) in [5.41, 5.74) is -0.375. The lowest BCUT2D eigenvalue weighted by Gasteiger charge is -2.25. The van der Waals surface area contributed by atoms with E-state index in [4.69, 9.17) is 20.1 Å². The van der Waals surface area contributed by atoms with E-state index in [0.29, 0.717) is 35.5 Å². The maximum atomic E-state index is 15.3. The van der Waals surface area contributed by atoms with Crippen LogP contribution in [0.1, 0.15) is 52.4 Å². The molecule has 0 bridgehead atoms. The fraction of sp³-hybridized carbons (Fsp3) is 0.393. The minimum Gasteiger partial charge on any atom is -0.508 e. The van der Waals surface area contributed by atoms with E-state index in [1.165, 1.54) is 25.4 Å². The summed E-state index contributed by atoms with van der Waals surface area (Å²) < 4.78 is 22.8. The number of fused-ring (bicyclic) bond motifs is 2. The Bertz CT molecular complexity index is 1540. The summed E-state index contributed by atoms with van der Waals surface area (Å²) >= 11 is 0. The van der Waals surface area contributed by atoms with Gasteiger partial charge in [-0.2, -0.15) is 0 Å². The molecule has 3 heterocycles. The van der Waals surface area contributed by atoms with Crippen molar-refractivity contribution in [1.82, 2.24) is 9.88 Å². The van der Waals surface area contributed by atoms with Crippen molar-refractivity contribution in [3.8, 4) is 17.2 Å². The Morgan fingerprint density at radius 1 is 1.05 bits per heavy atom. The SMILES string of the molecule is COc1c(N2C[C@@H]3CCCN[C@@H]3C2)c(F)cc2c(=O)c(C(=O)O)cn(C3CC3)c12.Cl.O=C(O)c1ccc(O)cc1O. The number of phenolic OH excluding ortho intramolecular Hbond substituents is 1. The van der Waals surface area contributed by atoms with Crippen molar-refractivity contribution < 1.29 is 39.1 Å². The van der Waals surface area contributed by atoms with Crippen molar-refractivity contribution in [1.29, 1.82) is 0 Å². The molecule has 3 aliphatic rings. The van der Waals surface area contributed by atoms with Crippen LogP contribution in [0.15, 0.2) is 35.3 Å². The number of carbonyl (C=O) groups is 2. The Hall–Kier alpha value is -4.03. The molecule has 1 aliphatic carbocycles. The molecule has 220 valence electrons. The third kappa shape index (κ3) is 5.75. The molecule has 13 heteroatoms. The molecule has 3 aromatic rings. The average molecular weight is 592 g/mol. The van der Waals surface area contributed by atoms with Gasteiger partial charge in [-0.15, -0.1) is 12.4 Å². The summed E-state index contributed by atoms with van der Waals surface area (Å²) in [4.78, 5) is 36.6. The van der Waals surface area contributed by atoms with Crippen molar-refractivity contribution in [3.63, 3.8) is 0 Å². The lowest BCUT2D eigenvalue weighted by molar-refractivity contribution is 0.0683. The van der Waals surface area contributed by atoms with Gasteiger partial charge in [-0.1, -0.05) is 0 Å². The van der Waals surface area contributed by atoms with E-state index in [9.17, 15) is 19.5 Å². The summed E-state index contributed by atoms with van der Waals surface area (Å²) in [5.74, 6) is -2.88. The molecule has 3 fully saturated rings. The van der Waals surface area contributed by atoms with E-state index < -0.39 is 28.9 Å². The maximum absolute atomic E-state index is 15.3. The molecular formula is C28H31ClFN3O8. The van der Waals surface area contributed by atoms with E-state index in [2.05, 4.69) is 5.32 Å². The van der Waals surface area contributed by atoms with Crippen molar-refractivity contribution in [2.75, 3.05) is 31.6 Å². The van der Waals surface area contributed by atoms with E-state index in [1.807, 2.05) is 4.90 Å². The normalized spacial score (nSPS) is 19.5. The highest BCUT2D eigenvalue weighted by Gasteiger charge is 2.38. The number of aromatic nitrogens is 1. The van der Waals surface area contributed by atoms with E-state index in [-0.39, 0.29) is 40.7 Å². The number of methoxy groups -OCH3 is 1. The second-order valence-electron chi connectivity index (χ2n) is 10.3. The molecule has 2 aromatic carbocycles. The molecule has 41 heavy (non-hydrogen) atoms. The molecule has 2 saturated heterocycles. The highest BCUT2D eigenvalue weighted by atomic mass is 35.5. The maximum Gasteiger partial charge on any atom is 0.341 e. The zero-order valence-electron chi connectivity index (χ0n) is 22.2. The van der Waals surface area contributed by atoms with Crippen molar-refractivity contribution in [2.45, 2.75) is 37.8 Å². The third-order valence-electron chi connectivity index (χ3n) is 7.70. The number of anilines is 1. The van der Waals surface area contributed by atoms with Gasteiger partial charge < -0.3 is 39.9 Å². The quantitative estimate of drug-likeness (QED) is 0.296. The molecule has 0 spiro atoms. The summed E-state index contributed by atoms with van der Waals surface area (Å²) in [6.45, 7) is 2.40. The number of aromatic carboxylic acids is 2. The molecule has 2 aliphatic heterocycles. The minimum absolute atomic E-state index is 0. The molecule has 0 unspecified atom stereocenters. The fourth-order valence-electron chi connectivity index (χ4n) is 5.65. The smallest absolute Gasteiger partial charge is 0.341 e. The number of rotatable bonds is 5. The number of hydrogen-bond acceptors (Lipinski definition) is 8. The molecule has 2 atom stereocenters. The van der Waals surface area contributed by atoms with Crippen molar-refractivity contribution in [3.05, 3.63) is 57.6 Å². The number of benzene rings is 2. The van der Waals surface area contributed by atoms with Crippen LogP contribution in [0, 0.1) is 11.7 Å². The number of phenols is 2. The molecular weight excluding hydrogens is 561 g/mol. The van der Waals surface area contributed by atoms with Crippen LogP contribution in [0.2, 0.25) is 0 Å². The molecule has 1 saturated carbocycles. The number of piperidine rings is 1. The Kier molecular flexibility index (Phi) is 8.64. The number of pyridine rings is 1. The largest absolute Gasteiger partial charge is 0.508 e. The topological polar surface area (TPSA) is 162 Å². The van der Waals surface area contributed by atoms with Gasteiger partial charge in [0.25, 0.3) is 0 Å². The van der Waals surface area contributed by atoms with Gasteiger partial charge in [0.1, 0.15) is 28.3 Å². The van der Waals surface area contributed by atoms with Crippen LogP contribution in [-0.4, -0.2) is 69.7 Å². The van der Waals surface area contributed by atoms with Gasteiger partial charge in [0.15, 0.2) is 11.6 Å². The second-order valence-corrected chi connectivity index (χ2v) is 10.3. The summed E-state index contributed by atoms with van der Waals surface area (Å²) in [6.07, 6.45) is 5.40. The fourth-order valence-corrected chi connectivity index (χ4v) is 5.65. The summed E-state index contributed by atoms with van der Waals surface area (Å²) in [6, 6.07) is 4.92. The number of carboxylic acid groups (broad SMARTS) is 2. The lowest BCUT2D eigenvalue weighted by atomic mass is 9.94. The van der Waals surface area contributed by atoms with Crippen LogP contribution in [-0.2, 0) is 0 Å². The number of nitrogens with zero attached hydrogens (tertiary/aromatic N) is 2. The first-order valence-corrected chi connectivity index (χ1v) is 13.0. The van der Waals surface area contributed by atoms with Crippen LogP contribution < -0.4 is 20.4 Å². The molecule has 11 nitrogen and oxygen atoms in total. The Labute approximate surface area is 240 Å². The van der Waals surface area contributed by atoms with E-state index in [0.717, 1.165) is 50.9 Å². The predicted molar refractivity (Wildman–Crippen MR) is 151 cm³/mol. The third-order valence-corrected chi connectivity index (χ3v) is 7.70. The van der Waals surface area contributed by atoms with Gasteiger partial charge in [-0.05, 0) is 56.3 Å². The zero-order valence-corrected chi connectivity index (χ0v) is 23.0. The number of carboxylic acids is 2. The van der Waals surface area contributed by atoms with Gasteiger partial charge in [-0.3, -0.25) is 4.79 Å². The molecule has 0 amide bonds. The van der Waals surface area contributed by atoms with Crippen LogP contribution in [0.4, 0.5) is 10.1 Å². The number of hydrogen-bond donors (Lipinski definition) is 5. The molecule has 6 rings (SSSR count). The van der Waals surface area contributed by atoms with Crippen molar-refractivity contribution >= 4 is 40.9 Å². The first-order chi connectivity index (χ1) is 19.1. The Balaban J connectivity index is 0.000000274. The van der Waals surface area contributed by atoms with Gasteiger partial charge in [0, 0.05) is 37.4 Å². The van der Waals surface area contributed by atoms with E-state index in [1.54, 1.807) is 4.57 Å². The zero-order chi connectivity index (χ0) is 28.7. The molecule has 5 N–H and O–H groups in total. The number of halogens is 2. The number of nitrogens with one attached hydrogen (secondary N) is 1. The lowest BCUT2D eigenvalue weighted by Crippen LogP contribution is -2.40. The van der Waals surface area contributed by atoms with Gasteiger partial charge >= 0.3 is 11.9 Å². The summed E-state index contributed by atoms with van der Waals surface area (Å²) in [5, 5.41) is 39.1. The molecule has 1 aromatic heterocycles. The highest BCUT2D eigenvalue weighted by molar-refractivity contribution is 5.97. The first kappa shape index (κ1) is 29.9. The highest BCUT2D eigenvalue weighted by Crippen LogP contribution is 2.45. The van der Waals surface area contributed by atoms with Gasteiger partial charge in [-0.25, -0.2) is 14.0 Å².